The number of benzene rings is 1. The Morgan fingerprint density at radius 3 is 2.73 bits per heavy atom. The lowest BCUT2D eigenvalue weighted by Gasteiger charge is -2.13. The van der Waals surface area contributed by atoms with Crippen LogP contribution in [0.1, 0.15) is 35.6 Å². The molecule has 3 rings (SSSR count). The van der Waals surface area contributed by atoms with Crippen molar-refractivity contribution >= 4 is 11.6 Å². The molecule has 0 saturated heterocycles. The highest BCUT2D eigenvalue weighted by Crippen LogP contribution is 2.22. The summed E-state index contributed by atoms with van der Waals surface area (Å²) >= 11 is 0. The van der Waals surface area contributed by atoms with Gasteiger partial charge in [0.1, 0.15) is 40.4 Å². The van der Waals surface area contributed by atoms with Crippen LogP contribution >= 0.6 is 0 Å². The maximum Gasteiger partial charge on any atom is 0.269 e. The zero-order chi connectivity index (χ0) is 21.8. The Bertz CT molecular complexity index is 1140. The minimum atomic E-state index is -0.955. The second kappa shape index (κ2) is 8.52. The molecule has 1 amide bonds. The average Bonchev–Trinajstić information content (AvgIpc) is 3.37. The SMILES string of the molecule is CC(=NO)c1cc(C(=O)NC(C)Cn2ccc(-c3cc(F)c(C#N)c(F)c3)n2)[nH]n1. The molecule has 2 heterocycles. The number of carbonyl (C=O) groups excluding carboxylic acids is 1. The van der Waals surface area contributed by atoms with E-state index in [9.17, 15) is 13.6 Å². The molecule has 0 aliphatic rings. The molecular formula is C19H17F2N7O2. The lowest BCUT2D eigenvalue weighted by atomic mass is 10.1. The van der Waals surface area contributed by atoms with E-state index in [2.05, 4.69) is 25.8 Å². The van der Waals surface area contributed by atoms with E-state index in [-0.39, 0.29) is 23.0 Å². The van der Waals surface area contributed by atoms with Crippen molar-refractivity contribution < 1.29 is 18.8 Å². The van der Waals surface area contributed by atoms with Gasteiger partial charge in [-0.25, -0.2) is 8.78 Å². The fraction of sp³-hybridized carbons (Fsp3) is 0.211. The van der Waals surface area contributed by atoms with E-state index >= 15 is 0 Å². The second-order valence-corrected chi connectivity index (χ2v) is 6.58. The van der Waals surface area contributed by atoms with Gasteiger partial charge in [-0.1, -0.05) is 5.16 Å². The minimum Gasteiger partial charge on any atom is -0.411 e. The minimum absolute atomic E-state index is 0.199. The number of aromatic amines is 1. The molecule has 30 heavy (non-hydrogen) atoms. The topological polar surface area (TPSA) is 132 Å². The molecule has 0 aliphatic carbocycles. The first kappa shape index (κ1) is 20.7. The summed E-state index contributed by atoms with van der Waals surface area (Å²) in [6, 6.07) is 6.27. The standard InChI is InChI=1S/C19H17F2N7O2/c1-10(23-19(29)18-7-17(24-25-18)11(2)27-30)9-28-4-3-16(26-28)12-5-14(20)13(8-22)15(21)6-12/h3-7,10,30H,9H2,1-2H3,(H,23,29)(H,24,25). The number of amides is 1. The highest BCUT2D eigenvalue weighted by molar-refractivity contribution is 6.00. The molecule has 11 heteroatoms. The molecule has 0 bridgehead atoms. The predicted molar refractivity (Wildman–Crippen MR) is 102 cm³/mol. The number of hydrogen-bond donors (Lipinski definition) is 3. The summed E-state index contributed by atoms with van der Waals surface area (Å²) in [6.45, 7) is 3.60. The van der Waals surface area contributed by atoms with E-state index in [0.717, 1.165) is 12.1 Å². The average molecular weight is 413 g/mol. The van der Waals surface area contributed by atoms with E-state index in [1.54, 1.807) is 26.1 Å². The quantitative estimate of drug-likeness (QED) is 0.324. The van der Waals surface area contributed by atoms with Gasteiger partial charge in [-0.05, 0) is 38.1 Å². The zero-order valence-corrected chi connectivity index (χ0v) is 16.0. The van der Waals surface area contributed by atoms with Crippen LogP contribution < -0.4 is 5.32 Å². The molecule has 3 N–H and O–H groups in total. The molecule has 2 aromatic heterocycles. The smallest absolute Gasteiger partial charge is 0.269 e. The van der Waals surface area contributed by atoms with Gasteiger partial charge in [0.15, 0.2) is 0 Å². The summed E-state index contributed by atoms with van der Waals surface area (Å²) in [5.41, 5.74) is 0.687. The summed E-state index contributed by atoms with van der Waals surface area (Å²) in [5, 5.41) is 34.0. The Hall–Kier alpha value is -4.07. The predicted octanol–water partition coefficient (Wildman–Crippen LogP) is 2.44. The summed E-state index contributed by atoms with van der Waals surface area (Å²) < 4.78 is 29.2. The van der Waals surface area contributed by atoms with Crippen molar-refractivity contribution in [1.29, 1.82) is 5.26 Å². The molecule has 1 aromatic carbocycles. The van der Waals surface area contributed by atoms with E-state index < -0.39 is 23.1 Å². The maximum atomic E-state index is 13.8. The molecule has 0 saturated carbocycles. The second-order valence-electron chi connectivity index (χ2n) is 6.58. The van der Waals surface area contributed by atoms with Crippen LogP contribution in [0.5, 0.6) is 0 Å². The molecule has 154 valence electrons. The van der Waals surface area contributed by atoms with Crippen molar-refractivity contribution in [2.75, 3.05) is 0 Å². The molecular weight excluding hydrogens is 396 g/mol. The highest BCUT2D eigenvalue weighted by Gasteiger charge is 2.16. The van der Waals surface area contributed by atoms with Gasteiger partial charge in [0, 0.05) is 17.8 Å². The van der Waals surface area contributed by atoms with Gasteiger partial charge in [-0.3, -0.25) is 14.6 Å². The van der Waals surface area contributed by atoms with Crippen LogP contribution in [0.4, 0.5) is 8.78 Å². The molecule has 0 spiro atoms. The van der Waals surface area contributed by atoms with Crippen LogP contribution in [0, 0.1) is 23.0 Å². The molecule has 0 radical (unpaired) electrons. The number of nitriles is 1. The summed E-state index contributed by atoms with van der Waals surface area (Å²) in [4.78, 5) is 12.3. The van der Waals surface area contributed by atoms with Crippen molar-refractivity contribution in [3.05, 3.63) is 59.0 Å². The van der Waals surface area contributed by atoms with Crippen molar-refractivity contribution in [3.8, 4) is 17.3 Å². The van der Waals surface area contributed by atoms with Gasteiger partial charge in [-0.2, -0.15) is 15.5 Å². The lowest BCUT2D eigenvalue weighted by Crippen LogP contribution is -2.36. The first-order valence-electron chi connectivity index (χ1n) is 8.80. The first-order valence-corrected chi connectivity index (χ1v) is 8.80. The third-order valence-electron chi connectivity index (χ3n) is 4.27. The van der Waals surface area contributed by atoms with Gasteiger partial charge in [-0.15, -0.1) is 0 Å². The monoisotopic (exact) mass is 413 g/mol. The normalized spacial score (nSPS) is 12.4. The molecule has 3 aromatic rings. The third-order valence-corrected chi connectivity index (χ3v) is 4.27. The largest absolute Gasteiger partial charge is 0.411 e. The molecule has 1 atom stereocenters. The van der Waals surface area contributed by atoms with E-state index in [4.69, 9.17) is 10.5 Å². The summed E-state index contributed by atoms with van der Waals surface area (Å²) in [5.74, 6) is -2.32. The molecule has 0 aliphatic heterocycles. The number of hydrogen-bond acceptors (Lipinski definition) is 6. The number of rotatable bonds is 6. The van der Waals surface area contributed by atoms with Gasteiger partial charge in [0.2, 0.25) is 0 Å². The van der Waals surface area contributed by atoms with Crippen molar-refractivity contribution in [2.45, 2.75) is 26.4 Å². The van der Waals surface area contributed by atoms with Gasteiger partial charge < -0.3 is 10.5 Å². The molecule has 9 nitrogen and oxygen atoms in total. The van der Waals surface area contributed by atoms with Crippen LogP contribution in [0.25, 0.3) is 11.3 Å². The lowest BCUT2D eigenvalue weighted by molar-refractivity contribution is 0.0931. The van der Waals surface area contributed by atoms with Crippen LogP contribution in [-0.4, -0.2) is 42.8 Å². The number of oxime groups is 1. The number of aromatic nitrogens is 4. The van der Waals surface area contributed by atoms with E-state index in [0.29, 0.717) is 17.9 Å². The van der Waals surface area contributed by atoms with Gasteiger partial charge in [0.25, 0.3) is 5.91 Å². The first-order chi connectivity index (χ1) is 14.3. The highest BCUT2D eigenvalue weighted by atomic mass is 19.1. The Kier molecular flexibility index (Phi) is 5.87. The Morgan fingerprint density at radius 1 is 1.40 bits per heavy atom. The number of carbonyl (C=O) groups is 1. The van der Waals surface area contributed by atoms with E-state index in [1.165, 1.54) is 16.8 Å². The number of H-pyrrole nitrogens is 1. The Labute approximate surface area is 169 Å². The summed E-state index contributed by atoms with van der Waals surface area (Å²) in [6.07, 6.45) is 1.61. The van der Waals surface area contributed by atoms with Crippen LogP contribution in [0.3, 0.4) is 0 Å². The van der Waals surface area contributed by atoms with Crippen molar-refractivity contribution in [3.63, 3.8) is 0 Å². The Balaban J connectivity index is 1.66. The number of nitrogens with one attached hydrogen (secondary N) is 2. The Morgan fingerprint density at radius 2 is 2.10 bits per heavy atom. The maximum absolute atomic E-state index is 13.8. The number of halogens is 2. The summed E-state index contributed by atoms with van der Waals surface area (Å²) in [7, 11) is 0. The fourth-order valence-electron chi connectivity index (χ4n) is 2.75. The van der Waals surface area contributed by atoms with Crippen LogP contribution in [-0.2, 0) is 6.54 Å². The van der Waals surface area contributed by atoms with Crippen LogP contribution in [0.15, 0.2) is 35.6 Å². The third kappa shape index (κ3) is 4.33. The van der Waals surface area contributed by atoms with E-state index in [1.807, 2.05) is 0 Å². The molecule has 0 fully saturated rings. The van der Waals surface area contributed by atoms with Crippen LogP contribution in [0.2, 0.25) is 0 Å². The van der Waals surface area contributed by atoms with Crippen molar-refractivity contribution in [1.82, 2.24) is 25.3 Å². The number of nitrogens with zero attached hydrogens (tertiary/aromatic N) is 5. The van der Waals surface area contributed by atoms with Crippen molar-refractivity contribution in [2.24, 2.45) is 5.16 Å². The fourth-order valence-corrected chi connectivity index (χ4v) is 2.75. The van der Waals surface area contributed by atoms with Gasteiger partial charge >= 0.3 is 0 Å². The zero-order valence-electron chi connectivity index (χ0n) is 16.0. The van der Waals surface area contributed by atoms with Gasteiger partial charge in [0.05, 0.1) is 12.2 Å². The molecule has 1 unspecified atom stereocenters.